The molecule has 0 atom stereocenters. The summed E-state index contributed by atoms with van der Waals surface area (Å²) in [5.41, 5.74) is 8.46. The molecule has 7 nitrogen and oxygen atoms in total. The van der Waals surface area contributed by atoms with Gasteiger partial charge in [-0.2, -0.15) is 0 Å². The molecule has 5 rings (SSSR count). The van der Waals surface area contributed by atoms with E-state index in [4.69, 9.17) is 15.5 Å². The molecule has 1 aliphatic carbocycles. The van der Waals surface area contributed by atoms with Gasteiger partial charge in [0.25, 0.3) is 0 Å². The summed E-state index contributed by atoms with van der Waals surface area (Å²) in [6.07, 6.45) is 8.63. The van der Waals surface area contributed by atoms with Gasteiger partial charge in [0.15, 0.2) is 5.13 Å². The van der Waals surface area contributed by atoms with Crippen molar-refractivity contribution in [3.05, 3.63) is 11.4 Å². The topological polar surface area (TPSA) is 74.9 Å². The zero-order chi connectivity index (χ0) is 23.5. The number of piperazine rings is 1. The van der Waals surface area contributed by atoms with Gasteiger partial charge in [-0.3, -0.25) is 9.69 Å². The zero-order valence-electron chi connectivity index (χ0n) is 20.2. The maximum absolute atomic E-state index is 12.1. The van der Waals surface area contributed by atoms with E-state index in [-0.39, 0.29) is 11.9 Å². The number of rotatable bonds is 6. The van der Waals surface area contributed by atoms with Crippen LogP contribution in [0.15, 0.2) is 11.4 Å². The number of carbonyl (C=O) groups excluding carboxylic acids is 1. The molecular weight excluding hydrogens is 466 g/mol. The lowest BCUT2D eigenvalue weighted by Gasteiger charge is -2.41. The molecule has 4 heterocycles. The predicted octanol–water partition coefficient (Wildman–Crippen LogP) is 4.69. The number of nitrogens with two attached hydrogens (primary N) is 1. The van der Waals surface area contributed by atoms with Crippen molar-refractivity contribution < 1.29 is 9.53 Å². The molecule has 186 valence electrons. The fourth-order valence-electron chi connectivity index (χ4n) is 5.69. The molecule has 0 bridgehead atoms. The maximum atomic E-state index is 12.1. The van der Waals surface area contributed by atoms with Crippen molar-refractivity contribution in [2.45, 2.75) is 57.9 Å². The van der Waals surface area contributed by atoms with Crippen molar-refractivity contribution >= 4 is 44.5 Å². The number of hydrogen-bond donors (Lipinski definition) is 1. The lowest BCUT2D eigenvalue weighted by Crippen LogP contribution is -2.50. The van der Waals surface area contributed by atoms with Gasteiger partial charge in [-0.05, 0) is 38.7 Å². The lowest BCUT2D eigenvalue weighted by molar-refractivity contribution is -0.148. The van der Waals surface area contributed by atoms with E-state index in [2.05, 4.69) is 26.1 Å². The van der Waals surface area contributed by atoms with Crippen LogP contribution in [0.3, 0.4) is 0 Å². The molecule has 2 saturated heterocycles. The van der Waals surface area contributed by atoms with Crippen molar-refractivity contribution in [1.29, 1.82) is 0 Å². The van der Waals surface area contributed by atoms with Crippen molar-refractivity contribution in [3.63, 3.8) is 0 Å². The number of hydrogen-bond acceptors (Lipinski definition) is 9. The first-order chi connectivity index (χ1) is 16.6. The minimum Gasteiger partial charge on any atom is -0.466 e. The molecule has 2 N–H and O–H groups in total. The monoisotopic (exact) mass is 503 g/mol. The van der Waals surface area contributed by atoms with Crippen LogP contribution in [0.4, 0.5) is 15.8 Å². The van der Waals surface area contributed by atoms with Crippen LogP contribution in [-0.4, -0.2) is 67.8 Å². The quantitative estimate of drug-likeness (QED) is 0.573. The highest BCUT2D eigenvalue weighted by molar-refractivity contribution is 7.20. The number of piperidine rings is 1. The Morgan fingerprint density at radius 3 is 2.50 bits per heavy atom. The number of ether oxygens (including phenoxy) is 1. The molecule has 2 aromatic rings. The fraction of sp³-hybridized carbons (Fsp3) is 0.680. The van der Waals surface area contributed by atoms with Gasteiger partial charge in [-0.15, -0.1) is 11.3 Å². The number of esters is 1. The second kappa shape index (κ2) is 10.8. The van der Waals surface area contributed by atoms with Gasteiger partial charge in [0.05, 0.1) is 17.4 Å². The Balaban J connectivity index is 1.23. The number of aromatic nitrogens is 1. The predicted molar refractivity (Wildman–Crippen MR) is 142 cm³/mol. The average molecular weight is 504 g/mol. The number of anilines is 3. The second-order valence-electron chi connectivity index (χ2n) is 9.70. The van der Waals surface area contributed by atoms with Crippen LogP contribution in [-0.2, 0) is 9.53 Å². The Morgan fingerprint density at radius 2 is 1.79 bits per heavy atom. The highest BCUT2D eigenvalue weighted by Crippen LogP contribution is 2.42. The third kappa shape index (κ3) is 5.21. The summed E-state index contributed by atoms with van der Waals surface area (Å²) in [4.78, 5) is 25.6. The Bertz CT molecular complexity index is 954. The van der Waals surface area contributed by atoms with Crippen LogP contribution < -0.4 is 15.5 Å². The van der Waals surface area contributed by atoms with E-state index in [1.165, 1.54) is 47.7 Å². The van der Waals surface area contributed by atoms with E-state index in [0.717, 1.165) is 63.8 Å². The summed E-state index contributed by atoms with van der Waals surface area (Å²) in [5, 5.41) is 4.08. The van der Waals surface area contributed by atoms with Crippen molar-refractivity contribution in [1.82, 2.24) is 9.88 Å². The Morgan fingerprint density at radius 1 is 1.06 bits per heavy atom. The van der Waals surface area contributed by atoms with E-state index in [1.807, 2.05) is 6.92 Å². The first-order valence-electron chi connectivity index (χ1n) is 12.9. The number of nitrogens with zero attached hydrogens (tertiary/aromatic N) is 4. The zero-order valence-corrected chi connectivity index (χ0v) is 21.8. The number of carbonyl (C=O) groups is 1. The molecule has 34 heavy (non-hydrogen) atoms. The summed E-state index contributed by atoms with van der Waals surface area (Å²) in [6, 6.07) is 3.04. The fourth-order valence-corrected chi connectivity index (χ4v) is 7.56. The summed E-state index contributed by atoms with van der Waals surface area (Å²) in [7, 11) is 0. The van der Waals surface area contributed by atoms with Gasteiger partial charge in [-0.1, -0.05) is 30.6 Å². The van der Waals surface area contributed by atoms with Crippen LogP contribution in [0, 0.1) is 5.92 Å². The van der Waals surface area contributed by atoms with E-state index in [1.54, 1.807) is 22.7 Å². The minimum absolute atomic E-state index is 0.0338. The molecular formula is C25H37N5O2S2. The van der Waals surface area contributed by atoms with Crippen molar-refractivity contribution in [3.8, 4) is 10.6 Å². The van der Waals surface area contributed by atoms with Crippen LogP contribution in [0.25, 0.3) is 10.6 Å². The number of nitrogen functional groups attached to an aromatic ring is 1. The molecule has 3 fully saturated rings. The summed E-state index contributed by atoms with van der Waals surface area (Å²) in [6.45, 7) is 8.46. The van der Waals surface area contributed by atoms with Gasteiger partial charge in [0.1, 0.15) is 10.7 Å². The van der Waals surface area contributed by atoms with E-state index >= 15 is 0 Å². The first kappa shape index (κ1) is 23.9. The third-order valence-electron chi connectivity index (χ3n) is 7.62. The molecule has 2 aliphatic heterocycles. The van der Waals surface area contributed by atoms with E-state index < -0.39 is 0 Å². The normalized spacial score (nSPS) is 21.2. The maximum Gasteiger partial charge on any atom is 0.309 e. The average Bonchev–Trinajstić information content (AvgIpc) is 3.52. The highest BCUT2D eigenvalue weighted by atomic mass is 32.1. The summed E-state index contributed by atoms with van der Waals surface area (Å²) in [5.74, 6) is -0.00847. The van der Waals surface area contributed by atoms with Crippen LogP contribution in [0.1, 0.15) is 51.9 Å². The molecule has 9 heteroatoms. The molecule has 0 radical (unpaired) electrons. The van der Waals surface area contributed by atoms with E-state index in [0.29, 0.717) is 11.7 Å². The Hall–Kier alpha value is -1.84. The molecule has 0 spiro atoms. The number of thiazole rings is 1. The molecule has 2 aromatic heterocycles. The Labute approximate surface area is 210 Å². The van der Waals surface area contributed by atoms with Crippen LogP contribution in [0.5, 0.6) is 0 Å². The van der Waals surface area contributed by atoms with Gasteiger partial charge in [0.2, 0.25) is 0 Å². The first-order valence-corrected chi connectivity index (χ1v) is 14.6. The van der Waals surface area contributed by atoms with Gasteiger partial charge in [-0.25, -0.2) is 4.98 Å². The largest absolute Gasteiger partial charge is 0.466 e. The smallest absolute Gasteiger partial charge is 0.309 e. The molecule has 0 amide bonds. The second-order valence-corrected chi connectivity index (χ2v) is 11.6. The standard InChI is InChI=1S/C25H37N5O2S2/c1-2-32-24(31)18-8-10-28(11-9-18)20-16-21(33-17-20)22-23(34-25(26)27-22)30-14-12-29(13-15-30)19-6-4-3-5-7-19/h16-19H,2-15H2,1H3,(H2,26,27). The van der Waals surface area contributed by atoms with Crippen LogP contribution in [0.2, 0.25) is 0 Å². The molecule has 0 aromatic carbocycles. The van der Waals surface area contributed by atoms with Crippen LogP contribution >= 0.6 is 22.7 Å². The highest BCUT2D eigenvalue weighted by Gasteiger charge is 2.29. The third-order valence-corrected chi connectivity index (χ3v) is 9.49. The van der Waals surface area contributed by atoms with Gasteiger partial charge in [0, 0.05) is 56.4 Å². The van der Waals surface area contributed by atoms with Crippen molar-refractivity contribution in [2.24, 2.45) is 5.92 Å². The van der Waals surface area contributed by atoms with Gasteiger partial charge >= 0.3 is 5.97 Å². The van der Waals surface area contributed by atoms with Gasteiger partial charge < -0.3 is 20.3 Å². The SMILES string of the molecule is CCOC(=O)C1CCN(c2csc(-c3nc(N)sc3N3CCN(C4CCCCC4)CC3)c2)CC1. The molecule has 0 unspecified atom stereocenters. The Kier molecular flexibility index (Phi) is 7.61. The minimum atomic E-state index is -0.0423. The number of thiophene rings is 1. The summed E-state index contributed by atoms with van der Waals surface area (Å²) < 4.78 is 5.22. The van der Waals surface area contributed by atoms with Crippen molar-refractivity contribution in [2.75, 3.05) is 61.4 Å². The molecule has 3 aliphatic rings. The molecule has 1 saturated carbocycles. The lowest BCUT2D eigenvalue weighted by atomic mass is 9.94. The summed E-state index contributed by atoms with van der Waals surface area (Å²) >= 11 is 3.37. The van der Waals surface area contributed by atoms with E-state index in [9.17, 15) is 4.79 Å².